The number of carbonyl (C=O) groups excluding carboxylic acids is 1. The smallest absolute Gasteiger partial charge is 0.410 e. The molecule has 1 aliphatic rings. The zero-order valence-electron chi connectivity index (χ0n) is 14.5. The van der Waals surface area contributed by atoms with Crippen LogP contribution < -0.4 is 0 Å². The van der Waals surface area contributed by atoms with Crippen LogP contribution in [0.4, 0.5) is 4.79 Å². The number of piperidine rings is 1. The molecule has 1 amide bonds. The first-order chi connectivity index (χ1) is 11.4. The molecule has 130 valence electrons. The molecule has 1 aromatic heterocycles. The van der Waals surface area contributed by atoms with E-state index in [1.165, 1.54) is 0 Å². The topological polar surface area (TPSA) is 58.2 Å². The van der Waals surface area contributed by atoms with Gasteiger partial charge in [-0.3, -0.25) is 0 Å². The first kappa shape index (κ1) is 17.1. The summed E-state index contributed by atoms with van der Waals surface area (Å²) in [5.41, 5.74) is 1.57. The molecule has 1 atom stereocenters. The fraction of sp³-hybridized carbons (Fsp3) is 0.556. The van der Waals surface area contributed by atoms with Gasteiger partial charge in [0.2, 0.25) is 0 Å². The molecule has 2 heterocycles. The van der Waals surface area contributed by atoms with E-state index in [0.717, 1.165) is 47.7 Å². The number of hydrogen-bond acceptors (Lipinski definition) is 4. The van der Waals surface area contributed by atoms with Crippen LogP contribution >= 0.6 is 11.8 Å². The zero-order chi connectivity index (χ0) is 17.2. The second kappa shape index (κ2) is 7.05. The third-order valence-electron chi connectivity index (χ3n) is 4.04. The van der Waals surface area contributed by atoms with Crippen LogP contribution in [-0.2, 0) is 4.74 Å². The summed E-state index contributed by atoms with van der Waals surface area (Å²) >= 11 is 1.68. The van der Waals surface area contributed by atoms with Gasteiger partial charge < -0.3 is 14.6 Å². The fourth-order valence-electron chi connectivity index (χ4n) is 2.91. The van der Waals surface area contributed by atoms with Gasteiger partial charge in [-0.15, -0.1) is 0 Å². The van der Waals surface area contributed by atoms with Crippen molar-refractivity contribution in [3.05, 3.63) is 24.3 Å². The molecule has 2 aromatic rings. The second-order valence-electron chi connectivity index (χ2n) is 7.19. The summed E-state index contributed by atoms with van der Waals surface area (Å²) in [7, 11) is 0. The van der Waals surface area contributed by atoms with Crippen LogP contribution in [0.1, 0.15) is 40.0 Å². The van der Waals surface area contributed by atoms with Gasteiger partial charge in [0.1, 0.15) is 5.60 Å². The van der Waals surface area contributed by atoms with Gasteiger partial charge in [0.15, 0.2) is 5.16 Å². The number of thioether (sulfide) groups is 1. The molecule has 0 aliphatic carbocycles. The lowest BCUT2D eigenvalue weighted by atomic mass is 10.0. The van der Waals surface area contributed by atoms with E-state index in [0.29, 0.717) is 0 Å². The highest BCUT2D eigenvalue weighted by Crippen LogP contribution is 2.26. The number of likely N-dealkylation sites (tertiary alicyclic amines) is 1. The Kier molecular flexibility index (Phi) is 5.04. The number of nitrogens with one attached hydrogen (secondary N) is 1. The SMILES string of the molecule is CC(C)(C)OC(=O)N1CCCCC1CSc1nc2ccccc2[nH]1. The number of carbonyl (C=O) groups is 1. The molecule has 0 radical (unpaired) electrons. The molecule has 1 saturated heterocycles. The van der Waals surface area contributed by atoms with E-state index >= 15 is 0 Å². The number of amides is 1. The summed E-state index contributed by atoms with van der Waals surface area (Å²) in [6, 6.07) is 8.22. The number of aromatic nitrogens is 2. The lowest BCUT2D eigenvalue weighted by Gasteiger charge is -2.36. The van der Waals surface area contributed by atoms with Crippen molar-refractivity contribution >= 4 is 28.9 Å². The van der Waals surface area contributed by atoms with Crippen LogP contribution in [-0.4, -0.2) is 44.9 Å². The molecule has 1 N–H and O–H groups in total. The predicted molar refractivity (Wildman–Crippen MR) is 97.4 cm³/mol. The van der Waals surface area contributed by atoms with Gasteiger partial charge >= 0.3 is 6.09 Å². The third-order valence-corrected chi connectivity index (χ3v) is 5.05. The Bertz CT molecular complexity index is 675. The summed E-state index contributed by atoms with van der Waals surface area (Å²) in [6.45, 7) is 6.51. The molecule has 6 heteroatoms. The standard InChI is InChI=1S/C18H25N3O2S/c1-18(2,3)23-17(22)21-11-7-6-8-13(21)12-24-16-19-14-9-4-5-10-15(14)20-16/h4-5,9-10,13H,6-8,11-12H2,1-3H3,(H,19,20). The number of H-pyrrole nitrogens is 1. The van der Waals surface area contributed by atoms with E-state index in [4.69, 9.17) is 4.74 Å². The molecule has 1 aliphatic heterocycles. The molecular weight excluding hydrogens is 322 g/mol. The molecular formula is C18H25N3O2S. The normalized spacial score (nSPS) is 18.8. The van der Waals surface area contributed by atoms with E-state index in [-0.39, 0.29) is 12.1 Å². The number of rotatable bonds is 3. The average Bonchev–Trinajstić information content (AvgIpc) is 2.94. The quantitative estimate of drug-likeness (QED) is 0.834. The van der Waals surface area contributed by atoms with Crippen molar-refractivity contribution in [2.45, 2.75) is 56.8 Å². The van der Waals surface area contributed by atoms with Gasteiger partial charge in [0, 0.05) is 18.3 Å². The Morgan fingerprint density at radius 1 is 1.38 bits per heavy atom. The third kappa shape index (κ3) is 4.23. The number of hydrogen-bond donors (Lipinski definition) is 1. The van der Waals surface area contributed by atoms with Gasteiger partial charge in [-0.2, -0.15) is 0 Å². The summed E-state index contributed by atoms with van der Waals surface area (Å²) < 4.78 is 5.56. The second-order valence-corrected chi connectivity index (χ2v) is 8.20. The lowest BCUT2D eigenvalue weighted by Crippen LogP contribution is -2.47. The van der Waals surface area contributed by atoms with Crippen molar-refractivity contribution in [3.63, 3.8) is 0 Å². The molecule has 1 unspecified atom stereocenters. The molecule has 0 saturated carbocycles. The minimum atomic E-state index is -0.453. The first-order valence-corrected chi connectivity index (χ1v) is 9.48. The first-order valence-electron chi connectivity index (χ1n) is 8.49. The Labute approximate surface area is 147 Å². The maximum Gasteiger partial charge on any atom is 0.410 e. The summed E-state index contributed by atoms with van der Waals surface area (Å²) in [6.07, 6.45) is 3.03. The number of fused-ring (bicyclic) bond motifs is 1. The highest BCUT2D eigenvalue weighted by molar-refractivity contribution is 7.99. The molecule has 3 rings (SSSR count). The van der Waals surface area contributed by atoms with E-state index < -0.39 is 5.60 Å². The van der Waals surface area contributed by atoms with Crippen LogP contribution in [0.3, 0.4) is 0 Å². The minimum absolute atomic E-state index is 0.197. The van der Waals surface area contributed by atoms with Crippen molar-refractivity contribution < 1.29 is 9.53 Å². The molecule has 0 spiro atoms. The highest BCUT2D eigenvalue weighted by Gasteiger charge is 2.30. The molecule has 0 bridgehead atoms. The van der Waals surface area contributed by atoms with E-state index in [1.54, 1.807) is 11.8 Å². The number of benzene rings is 1. The lowest BCUT2D eigenvalue weighted by molar-refractivity contribution is 0.0125. The number of nitrogens with zero attached hydrogens (tertiary/aromatic N) is 2. The maximum absolute atomic E-state index is 12.4. The van der Waals surface area contributed by atoms with Crippen molar-refractivity contribution in [1.82, 2.24) is 14.9 Å². The Hall–Kier alpha value is -1.69. The molecule has 5 nitrogen and oxygen atoms in total. The largest absolute Gasteiger partial charge is 0.444 e. The molecule has 1 aromatic carbocycles. The van der Waals surface area contributed by atoms with Gasteiger partial charge in [-0.1, -0.05) is 23.9 Å². The Morgan fingerprint density at radius 2 is 2.17 bits per heavy atom. The Morgan fingerprint density at radius 3 is 2.92 bits per heavy atom. The van der Waals surface area contributed by atoms with Crippen molar-refractivity contribution in [1.29, 1.82) is 0 Å². The number of aromatic amines is 1. The van der Waals surface area contributed by atoms with Crippen LogP contribution in [0.5, 0.6) is 0 Å². The highest BCUT2D eigenvalue weighted by atomic mass is 32.2. The van der Waals surface area contributed by atoms with Gasteiger partial charge in [0.25, 0.3) is 0 Å². The monoisotopic (exact) mass is 347 g/mol. The van der Waals surface area contributed by atoms with Crippen LogP contribution in [0, 0.1) is 0 Å². The number of ether oxygens (including phenoxy) is 1. The van der Waals surface area contributed by atoms with E-state index in [2.05, 4.69) is 9.97 Å². The van der Waals surface area contributed by atoms with E-state index in [9.17, 15) is 4.79 Å². The van der Waals surface area contributed by atoms with Gasteiger partial charge in [0.05, 0.1) is 11.0 Å². The zero-order valence-corrected chi connectivity index (χ0v) is 15.4. The summed E-state index contributed by atoms with van der Waals surface area (Å²) in [5.74, 6) is 0.832. The van der Waals surface area contributed by atoms with Crippen LogP contribution in [0.2, 0.25) is 0 Å². The number of para-hydroxylation sites is 2. The molecule has 1 fully saturated rings. The van der Waals surface area contributed by atoms with Gasteiger partial charge in [-0.25, -0.2) is 9.78 Å². The van der Waals surface area contributed by atoms with E-state index in [1.807, 2.05) is 49.9 Å². The predicted octanol–water partition coefficient (Wildman–Crippen LogP) is 4.44. The maximum atomic E-state index is 12.4. The van der Waals surface area contributed by atoms with Crippen molar-refractivity contribution in [2.75, 3.05) is 12.3 Å². The summed E-state index contributed by atoms with van der Waals surface area (Å²) in [5, 5.41) is 0.908. The van der Waals surface area contributed by atoms with Crippen molar-refractivity contribution in [3.8, 4) is 0 Å². The minimum Gasteiger partial charge on any atom is -0.444 e. The fourth-order valence-corrected chi connectivity index (χ4v) is 3.95. The van der Waals surface area contributed by atoms with Crippen LogP contribution in [0.15, 0.2) is 29.4 Å². The molecule has 24 heavy (non-hydrogen) atoms. The average molecular weight is 347 g/mol. The van der Waals surface area contributed by atoms with Gasteiger partial charge in [-0.05, 0) is 52.2 Å². The Balaban J connectivity index is 1.64. The summed E-state index contributed by atoms with van der Waals surface area (Å²) in [4.78, 5) is 22.3. The number of imidazole rings is 1. The van der Waals surface area contributed by atoms with Crippen molar-refractivity contribution in [2.24, 2.45) is 0 Å². The van der Waals surface area contributed by atoms with Crippen LogP contribution in [0.25, 0.3) is 11.0 Å².